The zero-order chi connectivity index (χ0) is 18.9. The number of halogens is 1. The van der Waals surface area contributed by atoms with Gasteiger partial charge >= 0.3 is 0 Å². The summed E-state index contributed by atoms with van der Waals surface area (Å²) in [6.45, 7) is 0.948. The number of likely N-dealkylation sites (tertiary alicyclic amines) is 1. The van der Waals surface area contributed by atoms with Crippen molar-refractivity contribution in [3.05, 3.63) is 41.0 Å². The Morgan fingerprint density at radius 1 is 1.42 bits per heavy atom. The minimum atomic E-state index is 0.172. The van der Waals surface area contributed by atoms with Crippen molar-refractivity contribution >= 4 is 46.3 Å². The number of aromatic nitrogens is 1. The summed E-state index contributed by atoms with van der Waals surface area (Å²) in [6, 6.07) is 9.76. The average Bonchev–Trinajstić information content (AvgIpc) is 3.17. The molecule has 1 aliphatic heterocycles. The number of nitrogens with zero attached hydrogens (tertiary/aromatic N) is 3. The van der Waals surface area contributed by atoms with Crippen LogP contribution in [0, 0.1) is 0 Å². The minimum absolute atomic E-state index is 0.172. The molecule has 8 heteroatoms. The van der Waals surface area contributed by atoms with Crippen molar-refractivity contribution in [3.63, 3.8) is 0 Å². The highest BCUT2D eigenvalue weighted by atomic mass is 35.5. The molecule has 1 N–H and O–H groups in total. The molecular formula is C18H21ClN4OS2. The van der Waals surface area contributed by atoms with Crippen molar-refractivity contribution in [1.29, 1.82) is 0 Å². The summed E-state index contributed by atoms with van der Waals surface area (Å²) in [5.74, 6) is 0.735. The van der Waals surface area contributed by atoms with Crippen molar-refractivity contribution in [2.45, 2.75) is 25.3 Å². The van der Waals surface area contributed by atoms with E-state index in [1.807, 2.05) is 37.4 Å². The van der Waals surface area contributed by atoms with Crippen LogP contribution in [-0.4, -0.2) is 41.0 Å². The maximum Gasteiger partial charge on any atom is 0.169 e. The first kappa shape index (κ1) is 20.5. The molecule has 0 saturated carbocycles. The smallest absolute Gasteiger partial charge is 0.169 e. The molecule has 1 aromatic heterocycles. The van der Waals surface area contributed by atoms with E-state index in [4.69, 9.17) is 28.3 Å². The van der Waals surface area contributed by atoms with Crippen molar-refractivity contribution in [3.8, 4) is 11.3 Å². The Morgan fingerprint density at radius 3 is 2.85 bits per heavy atom. The summed E-state index contributed by atoms with van der Waals surface area (Å²) < 4.78 is 5.52. The van der Waals surface area contributed by atoms with Gasteiger partial charge in [0.05, 0.1) is 11.2 Å². The Balaban J connectivity index is 0.000000552. The van der Waals surface area contributed by atoms with Gasteiger partial charge in [-0.15, -0.1) is 0 Å². The molecule has 3 rings (SSSR count). The number of hydrogen-bond acceptors (Lipinski definition) is 5. The van der Waals surface area contributed by atoms with E-state index < -0.39 is 0 Å². The fraction of sp³-hybridized carbons (Fsp3) is 0.389. The number of benzene rings is 1. The Kier molecular flexibility index (Phi) is 8.19. The second kappa shape index (κ2) is 10.4. The van der Waals surface area contributed by atoms with Crippen LogP contribution in [0.1, 0.15) is 31.0 Å². The molecule has 1 unspecified atom stereocenters. The van der Waals surface area contributed by atoms with Gasteiger partial charge in [-0.05, 0) is 55.8 Å². The molecule has 0 aliphatic carbocycles. The van der Waals surface area contributed by atoms with Crippen LogP contribution in [0.3, 0.4) is 0 Å². The molecule has 1 aliphatic rings. The van der Waals surface area contributed by atoms with E-state index in [2.05, 4.69) is 37.7 Å². The Morgan fingerprint density at radius 2 is 2.19 bits per heavy atom. The molecule has 26 heavy (non-hydrogen) atoms. The van der Waals surface area contributed by atoms with Gasteiger partial charge in [-0.25, -0.2) is 4.99 Å². The number of piperidine rings is 1. The van der Waals surface area contributed by atoms with Crippen LogP contribution >= 0.6 is 36.0 Å². The molecule has 0 amide bonds. The van der Waals surface area contributed by atoms with Crippen molar-refractivity contribution in [1.82, 2.24) is 15.4 Å². The molecule has 138 valence electrons. The lowest BCUT2D eigenvalue weighted by Crippen LogP contribution is -2.43. The largest absolute Gasteiger partial charge is 0.366 e. The Hall–Kier alpha value is -1.79. The van der Waals surface area contributed by atoms with Gasteiger partial charge in [-0.3, -0.25) is 0 Å². The summed E-state index contributed by atoms with van der Waals surface area (Å²) >= 11 is 15.6. The van der Waals surface area contributed by atoms with Crippen LogP contribution in [-0.2, 0) is 0 Å². The van der Waals surface area contributed by atoms with E-state index in [-0.39, 0.29) is 6.04 Å². The van der Waals surface area contributed by atoms with Gasteiger partial charge in [0.15, 0.2) is 10.9 Å². The first-order chi connectivity index (χ1) is 12.6. The molecule has 0 radical (unpaired) electrons. The first-order valence-electron chi connectivity index (χ1n) is 8.27. The molecule has 1 aromatic carbocycles. The number of aliphatic imine (C=N–C) groups is 1. The fourth-order valence-corrected chi connectivity index (χ4v) is 3.26. The third-order valence-electron chi connectivity index (χ3n) is 4.05. The molecule has 2 aromatic rings. The Labute approximate surface area is 169 Å². The predicted octanol–water partition coefficient (Wildman–Crippen LogP) is 4.75. The molecule has 0 bridgehead atoms. The molecule has 1 fully saturated rings. The monoisotopic (exact) mass is 408 g/mol. The number of isothiocyanates is 1. The van der Waals surface area contributed by atoms with Crippen molar-refractivity contribution < 1.29 is 4.52 Å². The predicted molar refractivity (Wildman–Crippen MR) is 113 cm³/mol. The SMILES string of the molecule is CN=C=S.CNC(=S)N1CCCCC1c1cc(-c2cccc(Cl)c2)on1. The minimum Gasteiger partial charge on any atom is -0.366 e. The quantitative estimate of drug-likeness (QED) is 0.571. The van der Waals surface area contributed by atoms with Crippen LogP contribution in [0.25, 0.3) is 11.3 Å². The molecule has 2 heterocycles. The zero-order valence-electron chi connectivity index (χ0n) is 14.7. The van der Waals surface area contributed by atoms with Crippen LogP contribution in [0.4, 0.5) is 0 Å². The first-order valence-corrected chi connectivity index (χ1v) is 9.47. The van der Waals surface area contributed by atoms with Crippen LogP contribution in [0.5, 0.6) is 0 Å². The molecular weight excluding hydrogens is 388 g/mol. The van der Waals surface area contributed by atoms with Crippen LogP contribution in [0.15, 0.2) is 39.8 Å². The van der Waals surface area contributed by atoms with Gasteiger partial charge in [0.25, 0.3) is 0 Å². The lowest BCUT2D eigenvalue weighted by molar-refractivity contribution is 0.231. The summed E-state index contributed by atoms with van der Waals surface area (Å²) in [4.78, 5) is 5.49. The van der Waals surface area contributed by atoms with Gasteiger partial charge in [0.2, 0.25) is 0 Å². The lowest BCUT2D eigenvalue weighted by atomic mass is 9.99. The number of nitrogens with one attached hydrogen (secondary N) is 1. The third-order valence-corrected chi connectivity index (χ3v) is 4.90. The molecule has 5 nitrogen and oxygen atoms in total. The van der Waals surface area contributed by atoms with E-state index in [9.17, 15) is 0 Å². The second-order valence-electron chi connectivity index (χ2n) is 5.70. The molecule has 1 atom stereocenters. The highest BCUT2D eigenvalue weighted by Crippen LogP contribution is 2.33. The van der Waals surface area contributed by atoms with E-state index in [0.717, 1.165) is 41.5 Å². The van der Waals surface area contributed by atoms with E-state index in [1.54, 1.807) is 7.05 Å². The van der Waals surface area contributed by atoms with E-state index in [1.165, 1.54) is 6.42 Å². The van der Waals surface area contributed by atoms with Gasteiger partial charge in [0.1, 0.15) is 5.69 Å². The second-order valence-corrected chi connectivity index (χ2v) is 6.71. The number of rotatable bonds is 2. The average molecular weight is 409 g/mol. The maximum atomic E-state index is 6.04. The summed E-state index contributed by atoms with van der Waals surface area (Å²) in [6.07, 6.45) is 3.35. The van der Waals surface area contributed by atoms with E-state index in [0.29, 0.717) is 5.02 Å². The highest BCUT2D eigenvalue weighted by molar-refractivity contribution is 7.80. The maximum absolute atomic E-state index is 6.04. The van der Waals surface area contributed by atoms with Crippen LogP contribution < -0.4 is 5.32 Å². The zero-order valence-corrected chi connectivity index (χ0v) is 17.1. The van der Waals surface area contributed by atoms with E-state index >= 15 is 0 Å². The molecule has 0 spiro atoms. The van der Waals surface area contributed by atoms with Crippen molar-refractivity contribution in [2.24, 2.45) is 4.99 Å². The van der Waals surface area contributed by atoms with Gasteiger partial charge in [-0.1, -0.05) is 28.9 Å². The fourth-order valence-electron chi connectivity index (χ4n) is 2.85. The normalized spacial score (nSPS) is 16.1. The van der Waals surface area contributed by atoms with Crippen LogP contribution in [0.2, 0.25) is 5.02 Å². The Bertz CT molecular complexity index is 789. The lowest BCUT2D eigenvalue weighted by Gasteiger charge is -2.36. The summed E-state index contributed by atoms with van der Waals surface area (Å²) in [5.41, 5.74) is 1.86. The number of hydrogen-bond donors (Lipinski definition) is 1. The van der Waals surface area contributed by atoms with Gasteiger partial charge in [-0.2, -0.15) is 0 Å². The van der Waals surface area contributed by atoms with Gasteiger partial charge in [0, 0.05) is 37.3 Å². The molecule has 1 saturated heterocycles. The topological polar surface area (TPSA) is 53.7 Å². The number of thiocarbonyl (C=S) groups is 2. The van der Waals surface area contributed by atoms with Gasteiger partial charge < -0.3 is 14.7 Å². The summed E-state index contributed by atoms with van der Waals surface area (Å²) in [5, 5.41) is 10.9. The highest BCUT2D eigenvalue weighted by Gasteiger charge is 2.28. The van der Waals surface area contributed by atoms with Crippen molar-refractivity contribution in [2.75, 3.05) is 20.6 Å². The summed E-state index contributed by atoms with van der Waals surface area (Å²) in [7, 11) is 3.45. The third kappa shape index (κ3) is 5.35. The standard InChI is InChI=1S/C16H18ClN3OS.C2H3NS/c1-18-16(22)20-8-3-2-7-14(20)13-10-15(21-19-13)11-5-4-6-12(17)9-11;1-3-2-4/h4-6,9-10,14H,2-3,7-8H2,1H3,(H,18,22);1H3.